The molecule has 8 heteroatoms. The van der Waals surface area contributed by atoms with Gasteiger partial charge in [0.25, 0.3) is 0 Å². The van der Waals surface area contributed by atoms with E-state index in [1.54, 1.807) is 0 Å². The van der Waals surface area contributed by atoms with Crippen LogP contribution in [0.1, 0.15) is 62.0 Å². The maximum atomic E-state index is 12.5. The van der Waals surface area contributed by atoms with Crippen molar-refractivity contribution >= 4 is 17.7 Å². The fraction of sp³-hybridized carbons (Fsp3) is 0.550. The number of hydrogen-bond donors (Lipinski definition) is 1. The van der Waals surface area contributed by atoms with Crippen molar-refractivity contribution in [2.24, 2.45) is 0 Å². The van der Waals surface area contributed by atoms with Crippen LogP contribution in [0.5, 0.6) is 11.5 Å². The number of rotatable bonds is 7. The molecular formula is C20H24N4O3S. The van der Waals surface area contributed by atoms with Gasteiger partial charge in [-0.2, -0.15) is 0 Å². The van der Waals surface area contributed by atoms with Gasteiger partial charge in [-0.25, -0.2) is 0 Å². The molecule has 148 valence electrons. The Morgan fingerprint density at radius 2 is 2.00 bits per heavy atom. The number of carbonyl (C=O) groups excluding carboxylic acids is 1. The highest BCUT2D eigenvalue weighted by Gasteiger charge is 2.36. The Kier molecular flexibility index (Phi) is 4.66. The molecule has 2 aromatic rings. The fourth-order valence-electron chi connectivity index (χ4n) is 3.51. The first kappa shape index (κ1) is 17.8. The van der Waals surface area contributed by atoms with E-state index >= 15 is 0 Å². The number of fused-ring (bicyclic) bond motifs is 1. The monoisotopic (exact) mass is 400 g/mol. The van der Waals surface area contributed by atoms with Crippen molar-refractivity contribution in [3.05, 3.63) is 29.6 Å². The maximum absolute atomic E-state index is 12.5. The quantitative estimate of drug-likeness (QED) is 0.719. The van der Waals surface area contributed by atoms with Crippen molar-refractivity contribution in [1.29, 1.82) is 0 Å². The molecule has 0 bridgehead atoms. The van der Waals surface area contributed by atoms with Crippen molar-refractivity contribution in [2.45, 2.75) is 55.8 Å². The van der Waals surface area contributed by atoms with Gasteiger partial charge in [-0.15, -0.1) is 10.2 Å². The van der Waals surface area contributed by atoms with Crippen LogP contribution in [0.15, 0.2) is 23.4 Å². The molecule has 0 spiro atoms. The van der Waals surface area contributed by atoms with Crippen molar-refractivity contribution in [3.8, 4) is 11.5 Å². The average molecular weight is 401 g/mol. The molecule has 0 unspecified atom stereocenters. The van der Waals surface area contributed by atoms with E-state index in [0.29, 0.717) is 30.9 Å². The van der Waals surface area contributed by atoms with E-state index in [9.17, 15) is 4.79 Å². The Hall–Kier alpha value is -2.22. The molecule has 0 saturated heterocycles. The molecule has 1 N–H and O–H groups in total. The second-order valence-corrected chi connectivity index (χ2v) is 8.64. The minimum Gasteiger partial charge on any atom is -0.486 e. The lowest BCUT2D eigenvalue weighted by atomic mass is 10.1. The second-order valence-electron chi connectivity index (χ2n) is 7.70. The van der Waals surface area contributed by atoms with Gasteiger partial charge in [0.05, 0.1) is 11.8 Å². The standard InChI is InChI=1S/C20H24N4O3S/c1-12(14-4-7-16-17(10-14)27-9-8-26-16)21-18(25)11-28-20-23-22-19(13-2-3-13)24(20)15-5-6-15/h4,7,10,12-13,15H,2-3,5-6,8-9,11H2,1H3,(H,21,25)/t12-/m0/s1. The van der Waals surface area contributed by atoms with Gasteiger partial charge >= 0.3 is 0 Å². The SMILES string of the molecule is C[C@H](NC(=O)CSc1nnc(C2CC2)n1C1CC1)c1ccc2c(c1)OCCO2. The minimum absolute atomic E-state index is 0.00860. The Morgan fingerprint density at radius 1 is 1.21 bits per heavy atom. The molecule has 3 aliphatic rings. The summed E-state index contributed by atoms with van der Waals surface area (Å²) in [5, 5.41) is 12.7. The van der Waals surface area contributed by atoms with Crippen LogP contribution in [-0.4, -0.2) is 39.6 Å². The zero-order valence-corrected chi connectivity index (χ0v) is 16.7. The Bertz CT molecular complexity index is 892. The van der Waals surface area contributed by atoms with Gasteiger partial charge in [0.2, 0.25) is 5.91 Å². The molecule has 1 aromatic carbocycles. The summed E-state index contributed by atoms with van der Waals surface area (Å²) in [5.41, 5.74) is 1.000. The first-order valence-electron chi connectivity index (χ1n) is 9.95. The highest BCUT2D eigenvalue weighted by Crippen LogP contribution is 2.46. The van der Waals surface area contributed by atoms with Gasteiger partial charge in [0.1, 0.15) is 19.0 Å². The lowest BCUT2D eigenvalue weighted by molar-refractivity contribution is -0.119. The number of aromatic nitrogens is 3. The smallest absolute Gasteiger partial charge is 0.230 e. The Balaban J connectivity index is 1.20. The number of nitrogens with zero attached hydrogens (tertiary/aromatic N) is 3. The molecule has 2 fully saturated rings. The summed E-state index contributed by atoms with van der Waals surface area (Å²) >= 11 is 1.48. The zero-order valence-electron chi connectivity index (χ0n) is 15.9. The number of carbonyl (C=O) groups is 1. The second kappa shape index (κ2) is 7.31. The van der Waals surface area contributed by atoms with Gasteiger partial charge in [0, 0.05) is 12.0 Å². The third kappa shape index (κ3) is 3.70. The topological polar surface area (TPSA) is 78.3 Å². The third-order valence-electron chi connectivity index (χ3n) is 5.32. The number of thioether (sulfide) groups is 1. The predicted molar refractivity (Wildman–Crippen MR) is 105 cm³/mol. The summed E-state index contributed by atoms with van der Waals surface area (Å²) < 4.78 is 13.5. The molecule has 7 nitrogen and oxygen atoms in total. The van der Waals surface area contributed by atoms with Gasteiger partial charge in [0.15, 0.2) is 16.7 Å². The van der Waals surface area contributed by atoms with Crippen LogP contribution in [0, 0.1) is 0 Å². The molecule has 2 heterocycles. The summed E-state index contributed by atoms with van der Waals surface area (Å²) in [6.07, 6.45) is 4.81. The average Bonchev–Trinajstić information content (AvgIpc) is 3.64. The summed E-state index contributed by atoms with van der Waals surface area (Å²) in [7, 11) is 0. The minimum atomic E-state index is -0.104. The Morgan fingerprint density at radius 3 is 2.75 bits per heavy atom. The molecule has 28 heavy (non-hydrogen) atoms. The summed E-state index contributed by atoms with van der Waals surface area (Å²) in [6, 6.07) is 6.24. The molecule has 1 aliphatic heterocycles. The maximum Gasteiger partial charge on any atom is 0.230 e. The van der Waals surface area contributed by atoms with E-state index in [4.69, 9.17) is 9.47 Å². The lowest BCUT2D eigenvalue weighted by Crippen LogP contribution is -2.28. The number of benzene rings is 1. The summed E-state index contributed by atoms with van der Waals surface area (Å²) in [4.78, 5) is 12.5. The van der Waals surface area contributed by atoms with Crippen LogP contribution in [0.25, 0.3) is 0 Å². The van der Waals surface area contributed by atoms with Crippen LogP contribution < -0.4 is 14.8 Å². The normalized spacial score (nSPS) is 19.3. The molecule has 5 rings (SSSR count). The van der Waals surface area contributed by atoms with Gasteiger partial charge in [-0.05, 0) is 50.3 Å². The number of amides is 1. The third-order valence-corrected chi connectivity index (χ3v) is 6.26. The summed E-state index contributed by atoms with van der Waals surface area (Å²) in [6.45, 7) is 3.11. The van der Waals surface area contributed by atoms with Crippen LogP contribution in [0.3, 0.4) is 0 Å². The van der Waals surface area contributed by atoms with Gasteiger partial charge in [-0.1, -0.05) is 17.8 Å². The highest BCUT2D eigenvalue weighted by atomic mass is 32.2. The van der Waals surface area contributed by atoms with E-state index < -0.39 is 0 Å². The molecule has 1 aromatic heterocycles. The van der Waals surface area contributed by atoms with Crippen molar-refractivity contribution in [3.63, 3.8) is 0 Å². The van der Waals surface area contributed by atoms with Crippen molar-refractivity contribution in [2.75, 3.05) is 19.0 Å². The van der Waals surface area contributed by atoms with Gasteiger partial charge in [-0.3, -0.25) is 4.79 Å². The summed E-state index contributed by atoms with van der Waals surface area (Å²) in [5.74, 6) is 3.52. The van der Waals surface area contributed by atoms with E-state index in [1.807, 2.05) is 25.1 Å². The van der Waals surface area contributed by atoms with Crippen LogP contribution >= 0.6 is 11.8 Å². The predicted octanol–water partition coefficient (Wildman–Crippen LogP) is 3.23. The van der Waals surface area contributed by atoms with E-state index in [1.165, 1.54) is 37.4 Å². The first-order chi connectivity index (χ1) is 13.7. The number of hydrogen-bond acceptors (Lipinski definition) is 6. The Labute approximate surface area is 168 Å². The van der Waals surface area contributed by atoms with Crippen molar-refractivity contribution < 1.29 is 14.3 Å². The van der Waals surface area contributed by atoms with Crippen LogP contribution in [0.4, 0.5) is 0 Å². The first-order valence-corrected chi connectivity index (χ1v) is 10.9. The number of nitrogens with one attached hydrogen (secondary N) is 1. The lowest BCUT2D eigenvalue weighted by Gasteiger charge is -2.21. The largest absolute Gasteiger partial charge is 0.486 e. The molecule has 1 amide bonds. The van der Waals surface area contributed by atoms with Crippen LogP contribution in [0.2, 0.25) is 0 Å². The number of ether oxygens (including phenoxy) is 2. The molecule has 1 atom stereocenters. The molecule has 2 saturated carbocycles. The fourth-order valence-corrected chi connectivity index (χ4v) is 4.33. The van der Waals surface area contributed by atoms with E-state index in [0.717, 1.165) is 28.0 Å². The molecular weight excluding hydrogens is 376 g/mol. The zero-order chi connectivity index (χ0) is 19.1. The molecule has 0 radical (unpaired) electrons. The van der Waals surface area contributed by atoms with Crippen molar-refractivity contribution in [1.82, 2.24) is 20.1 Å². The van der Waals surface area contributed by atoms with E-state index in [2.05, 4.69) is 20.1 Å². The van der Waals surface area contributed by atoms with Gasteiger partial charge < -0.3 is 19.4 Å². The van der Waals surface area contributed by atoms with Crippen LogP contribution in [-0.2, 0) is 4.79 Å². The van der Waals surface area contributed by atoms with E-state index in [-0.39, 0.29) is 11.9 Å². The highest BCUT2D eigenvalue weighted by molar-refractivity contribution is 7.99. The molecule has 2 aliphatic carbocycles.